The van der Waals surface area contributed by atoms with E-state index < -0.39 is 0 Å². The molecule has 11 heavy (non-hydrogen) atoms. The molecule has 0 fully saturated rings. The number of aliphatic hydroxyl groups is 1. The van der Waals surface area contributed by atoms with Crippen LogP contribution in [0.3, 0.4) is 0 Å². The molecule has 0 saturated heterocycles. The first-order valence-electron chi connectivity index (χ1n) is 4.53. The van der Waals surface area contributed by atoms with Crippen LogP contribution in [0.1, 0.15) is 39.5 Å². The van der Waals surface area contributed by atoms with Crippen molar-refractivity contribution in [2.45, 2.75) is 45.6 Å². The second-order valence-electron chi connectivity index (χ2n) is 2.98. The van der Waals surface area contributed by atoms with Crippen LogP contribution in [0.5, 0.6) is 0 Å². The van der Waals surface area contributed by atoms with Gasteiger partial charge in [0.05, 0.1) is 12.7 Å². The predicted octanol–water partition coefficient (Wildman–Crippen LogP) is 1.96. The minimum absolute atomic E-state index is 0.318. The van der Waals surface area contributed by atoms with Gasteiger partial charge in [-0.2, -0.15) is 0 Å². The van der Waals surface area contributed by atoms with Crippen LogP contribution in [0.4, 0.5) is 0 Å². The fraction of sp³-hybridized carbons (Fsp3) is 1.00. The van der Waals surface area contributed by atoms with E-state index in [1.54, 1.807) is 6.92 Å². The van der Waals surface area contributed by atoms with E-state index >= 15 is 0 Å². The van der Waals surface area contributed by atoms with Crippen LogP contribution in [0.25, 0.3) is 0 Å². The average Bonchev–Trinajstić information content (AvgIpc) is 1.96. The maximum absolute atomic E-state index is 8.83. The number of hydrogen-bond acceptors (Lipinski definition) is 2. The van der Waals surface area contributed by atoms with Crippen molar-refractivity contribution < 1.29 is 9.84 Å². The Morgan fingerprint density at radius 3 is 2.55 bits per heavy atom. The van der Waals surface area contributed by atoms with Crippen molar-refractivity contribution in [3.63, 3.8) is 0 Å². The molecule has 68 valence electrons. The van der Waals surface area contributed by atoms with Gasteiger partial charge in [-0.05, 0) is 13.3 Å². The quantitative estimate of drug-likeness (QED) is 0.577. The van der Waals surface area contributed by atoms with Crippen LogP contribution < -0.4 is 0 Å². The van der Waals surface area contributed by atoms with Gasteiger partial charge in [-0.25, -0.2) is 0 Å². The number of unbranched alkanes of at least 4 members (excludes halogenated alkanes) is 3. The van der Waals surface area contributed by atoms with Gasteiger partial charge in [0, 0.05) is 6.61 Å². The summed E-state index contributed by atoms with van der Waals surface area (Å²) < 4.78 is 5.19. The molecule has 0 aliphatic carbocycles. The highest BCUT2D eigenvalue weighted by molar-refractivity contribution is 4.43. The van der Waals surface area contributed by atoms with Gasteiger partial charge < -0.3 is 9.84 Å². The van der Waals surface area contributed by atoms with Crippen molar-refractivity contribution in [3.8, 4) is 0 Å². The Morgan fingerprint density at radius 2 is 2.00 bits per heavy atom. The standard InChI is InChI=1S/C9H20O2/c1-3-4-5-6-7-11-8-9(2)10/h9-10H,3-8H2,1-2H3/t9-/m0/s1. The number of ether oxygens (including phenoxy) is 1. The molecule has 0 aliphatic rings. The summed E-state index contributed by atoms with van der Waals surface area (Å²) in [4.78, 5) is 0. The van der Waals surface area contributed by atoms with E-state index in [1.807, 2.05) is 0 Å². The zero-order chi connectivity index (χ0) is 8.53. The van der Waals surface area contributed by atoms with Gasteiger partial charge in [0.2, 0.25) is 0 Å². The molecule has 2 nitrogen and oxygen atoms in total. The van der Waals surface area contributed by atoms with E-state index in [9.17, 15) is 0 Å². The summed E-state index contributed by atoms with van der Waals surface area (Å²) in [5.41, 5.74) is 0. The highest BCUT2D eigenvalue weighted by atomic mass is 16.5. The summed E-state index contributed by atoms with van der Waals surface area (Å²) in [6, 6.07) is 0. The molecule has 0 rings (SSSR count). The largest absolute Gasteiger partial charge is 0.391 e. The van der Waals surface area contributed by atoms with Crippen LogP contribution in [0.2, 0.25) is 0 Å². The minimum Gasteiger partial charge on any atom is -0.391 e. The normalized spacial score (nSPS) is 13.4. The van der Waals surface area contributed by atoms with E-state index in [2.05, 4.69) is 6.92 Å². The van der Waals surface area contributed by atoms with Crippen molar-refractivity contribution in [2.24, 2.45) is 0 Å². The third kappa shape index (κ3) is 9.92. The molecule has 0 aliphatic heterocycles. The molecule has 1 atom stereocenters. The van der Waals surface area contributed by atoms with Crippen LogP contribution >= 0.6 is 0 Å². The number of rotatable bonds is 7. The zero-order valence-electron chi connectivity index (χ0n) is 7.68. The topological polar surface area (TPSA) is 29.5 Å². The van der Waals surface area contributed by atoms with Crippen molar-refractivity contribution >= 4 is 0 Å². The lowest BCUT2D eigenvalue weighted by Crippen LogP contribution is -2.10. The second-order valence-corrected chi connectivity index (χ2v) is 2.98. The summed E-state index contributed by atoms with van der Waals surface area (Å²) in [6.45, 7) is 5.21. The Morgan fingerprint density at radius 1 is 1.27 bits per heavy atom. The molecule has 0 bridgehead atoms. The van der Waals surface area contributed by atoms with Crippen molar-refractivity contribution in [1.82, 2.24) is 0 Å². The van der Waals surface area contributed by atoms with Gasteiger partial charge in [-0.1, -0.05) is 26.2 Å². The van der Waals surface area contributed by atoms with Crippen molar-refractivity contribution in [3.05, 3.63) is 0 Å². The lowest BCUT2D eigenvalue weighted by atomic mass is 10.2. The Hall–Kier alpha value is -0.0800. The van der Waals surface area contributed by atoms with Gasteiger partial charge in [0.1, 0.15) is 0 Å². The van der Waals surface area contributed by atoms with E-state index in [-0.39, 0.29) is 6.10 Å². The predicted molar refractivity (Wildman–Crippen MR) is 46.6 cm³/mol. The first-order chi connectivity index (χ1) is 5.27. The Balaban J connectivity index is 2.80. The smallest absolute Gasteiger partial charge is 0.0745 e. The Bertz CT molecular complexity index is 72.0. The highest BCUT2D eigenvalue weighted by Gasteiger charge is 1.94. The van der Waals surface area contributed by atoms with Gasteiger partial charge in [-0.15, -0.1) is 0 Å². The zero-order valence-corrected chi connectivity index (χ0v) is 7.68. The molecule has 0 spiro atoms. The SMILES string of the molecule is CCCCCCOC[C@H](C)O. The third-order valence-corrected chi connectivity index (χ3v) is 1.50. The molecule has 0 radical (unpaired) electrons. The fourth-order valence-corrected chi connectivity index (χ4v) is 0.885. The Labute approximate surface area is 69.6 Å². The lowest BCUT2D eigenvalue weighted by molar-refractivity contribution is 0.0445. The maximum atomic E-state index is 8.83. The molecule has 1 N–H and O–H groups in total. The molecule has 0 unspecified atom stereocenters. The molecule has 0 aromatic rings. The summed E-state index contributed by atoms with van der Waals surface area (Å²) in [5.74, 6) is 0. The molecular weight excluding hydrogens is 140 g/mol. The maximum Gasteiger partial charge on any atom is 0.0745 e. The fourth-order valence-electron chi connectivity index (χ4n) is 0.885. The van der Waals surface area contributed by atoms with E-state index in [1.165, 1.54) is 19.3 Å². The van der Waals surface area contributed by atoms with Crippen LogP contribution in [-0.2, 0) is 4.74 Å². The summed E-state index contributed by atoms with van der Waals surface area (Å²) in [6.07, 6.45) is 4.60. The molecular formula is C9H20O2. The molecule has 0 aromatic heterocycles. The summed E-state index contributed by atoms with van der Waals surface area (Å²) in [5, 5.41) is 8.83. The highest BCUT2D eigenvalue weighted by Crippen LogP contribution is 1.98. The molecule has 0 heterocycles. The van der Waals surface area contributed by atoms with Crippen molar-refractivity contribution in [2.75, 3.05) is 13.2 Å². The molecule has 0 saturated carbocycles. The van der Waals surface area contributed by atoms with Gasteiger partial charge in [-0.3, -0.25) is 0 Å². The summed E-state index contributed by atoms with van der Waals surface area (Å²) >= 11 is 0. The lowest BCUT2D eigenvalue weighted by Gasteiger charge is -2.05. The molecule has 0 aromatic carbocycles. The number of hydrogen-bond donors (Lipinski definition) is 1. The minimum atomic E-state index is -0.318. The second kappa shape index (κ2) is 8.02. The monoisotopic (exact) mass is 160 g/mol. The van der Waals surface area contributed by atoms with Crippen molar-refractivity contribution in [1.29, 1.82) is 0 Å². The van der Waals surface area contributed by atoms with E-state index in [0.29, 0.717) is 6.61 Å². The molecule has 2 heteroatoms. The van der Waals surface area contributed by atoms with Gasteiger partial charge in [0.15, 0.2) is 0 Å². The first kappa shape index (κ1) is 10.9. The van der Waals surface area contributed by atoms with E-state index in [0.717, 1.165) is 13.0 Å². The first-order valence-corrected chi connectivity index (χ1v) is 4.53. The summed E-state index contributed by atoms with van der Waals surface area (Å²) in [7, 11) is 0. The average molecular weight is 160 g/mol. The van der Waals surface area contributed by atoms with Crippen LogP contribution in [0, 0.1) is 0 Å². The van der Waals surface area contributed by atoms with Gasteiger partial charge >= 0.3 is 0 Å². The molecule has 0 amide bonds. The van der Waals surface area contributed by atoms with E-state index in [4.69, 9.17) is 9.84 Å². The van der Waals surface area contributed by atoms with Crippen LogP contribution in [-0.4, -0.2) is 24.4 Å². The number of aliphatic hydroxyl groups excluding tert-OH is 1. The third-order valence-electron chi connectivity index (χ3n) is 1.50. The van der Waals surface area contributed by atoms with Crippen LogP contribution in [0.15, 0.2) is 0 Å². The van der Waals surface area contributed by atoms with Gasteiger partial charge in [0.25, 0.3) is 0 Å². The Kier molecular flexibility index (Phi) is 7.96.